The number of amides is 1. The fourth-order valence-corrected chi connectivity index (χ4v) is 2.82. The van der Waals surface area contributed by atoms with Crippen LogP contribution in [0.3, 0.4) is 0 Å². The molecule has 24 heavy (non-hydrogen) atoms. The zero-order valence-corrected chi connectivity index (χ0v) is 13.9. The molecule has 0 saturated carbocycles. The molecule has 124 valence electrons. The van der Waals surface area contributed by atoms with Crippen molar-refractivity contribution in [3.63, 3.8) is 0 Å². The minimum atomic E-state index is -0.582. The van der Waals surface area contributed by atoms with Crippen LogP contribution in [-0.2, 0) is 11.3 Å². The van der Waals surface area contributed by atoms with Crippen molar-refractivity contribution >= 4 is 35.0 Å². The van der Waals surface area contributed by atoms with E-state index in [-0.39, 0.29) is 22.4 Å². The van der Waals surface area contributed by atoms with Crippen LogP contribution in [0.15, 0.2) is 52.5 Å². The number of aromatic nitrogens is 3. The Bertz CT molecular complexity index is 838. The summed E-state index contributed by atoms with van der Waals surface area (Å²) >= 11 is 6.87. The number of hydrogen-bond acceptors (Lipinski definition) is 5. The van der Waals surface area contributed by atoms with Gasteiger partial charge in [0.05, 0.1) is 24.2 Å². The average molecular weight is 367 g/mol. The number of benzene rings is 1. The molecule has 9 heteroatoms. The summed E-state index contributed by atoms with van der Waals surface area (Å²) in [6.07, 6.45) is 3.14. The lowest BCUT2D eigenvalue weighted by Gasteiger charge is -2.07. The number of carbonyl (C=O) groups excluding carboxylic acids is 1. The number of hydrogen-bond donors (Lipinski definition) is 1. The van der Waals surface area contributed by atoms with Crippen molar-refractivity contribution in [1.82, 2.24) is 14.8 Å². The first kappa shape index (κ1) is 16.5. The van der Waals surface area contributed by atoms with Gasteiger partial charge in [-0.25, -0.2) is 4.39 Å². The predicted octanol–water partition coefficient (Wildman–Crippen LogP) is 3.44. The molecule has 0 unspecified atom stereocenters. The van der Waals surface area contributed by atoms with Gasteiger partial charge in [0.1, 0.15) is 17.9 Å². The van der Waals surface area contributed by atoms with Crippen LogP contribution in [0.4, 0.5) is 10.1 Å². The van der Waals surface area contributed by atoms with Gasteiger partial charge in [0.25, 0.3) is 0 Å². The monoisotopic (exact) mass is 366 g/mol. The number of nitrogens with one attached hydrogen (secondary N) is 1. The van der Waals surface area contributed by atoms with Crippen molar-refractivity contribution < 1.29 is 13.6 Å². The van der Waals surface area contributed by atoms with Crippen molar-refractivity contribution in [1.29, 1.82) is 0 Å². The lowest BCUT2D eigenvalue weighted by atomic mass is 10.3. The predicted molar refractivity (Wildman–Crippen MR) is 88.6 cm³/mol. The van der Waals surface area contributed by atoms with Gasteiger partial charge in [-0.3, -0.25) is 4.79 Å². The van der Waals surface area contributed by atoms with E-state index in [1.54, 1.807) is 23.2 Å². The molecule has 1 aromatic carbocycles. The van der Waals surface area contributed by atoms with Crippen molar-refractivity contribution in [2.75, 3.05) is 11.1 Å². The molecule has 3 aromatic rings. The van der Waals surface area contributed by atoms with E-state index in [0.717, 1.165) is 11.8 Å². The molecule has 0 fully saturated rings. The van der Waals surface area contributed by atoms with Crippen LogP contribution in [0.2, 0.25) is 5.02 Å². The zero-order valence-electron chi connectivity index (χ0n) is 12.3. The standard InChI is InChI=1S/C15H12ClFN4O2S/c16-10-3-4-13(12(17)6-10)19-14(22)8-24-15-20-18-9-21(15)7-11-2-1-5-23-11/h1-6,9H,7-8H2,(H,19,22). The summed E-state index contributed by atoms with van der Waals surface area (Å²) in [5, 5.41) is 11.1. The van der Waals surface area contributed by atoms with Gasteiger partial charge in [-0.15, -0.1) is 10.2 Å². The number of anilines is 1. The Morgan fingerprint density at radius 1 is 1.42 bits per heavy atom. The normalized spacial score (nSPS) is 10.8. The highest BCUT2D eigenvalue weighted by atomic mass is 35.5. The molecule has 0 radical (unpaired) electrons. The van der Waals surface area contributed by atoms with Crippen molar-refractivity contribution in [3.05, 3.63) is 59.5 Å². The molecule has 2 heterocycles. The molecular formula is C15H12ClFN4O2S. The maximum atomic E-state index is 13.7. The van der Waals surface area contributed by atoms with Crippen LogP contribution in [0.1, 0.15) is 5.76 Å². The van der Waals surface area contributed by atoms with Gasteiger partial charge in [0.15, 0.2) is 5.16 Å². The van der Waals surface area contributed by atoms with E-state index in [2.05, 4.69) is 15.5 Å². The van der Waals surface area contributed by atoms with E-state index in [4.69, 9.17) is 16.0 Å². The minimum absolute atomic E-state index is 0.0684. The first-order valence-corrected chi connectivity index (χ1v) is 8.26. The van der Waals surface area contributed by atoms with Crippen molar-refractivity contribution in [2.24, 2.45) is 0 Å². The molecule has 0 bridgehead atoms. The molecule has 0 aliphatic carbocycles. The Morgan fingerprint density at radius 3 is 3.04 bits per heavy atom. The van der Waals surface area contributed by atoms with Crippen LogP contribution in [-0.4, -0.2) is 26.4 Å². The molecule has 0 aliphatic heterocycles. The molecule has 6 nitrogen and oxygen atoms in total. The van der Waals surface area contributed by atoms with Gasteiger partial charge in [0.2, 0.25) is 5.91 Å². The minimum Gasteiger partial charge on any atom is -0.467 e. The molecule has 3 rings (SSSR count). The zero-order chi connectivity index (χ0) is 16.9. The van der Waals surface area contributed by atoms with E-state index in [1.807, 2.05) is 6.07 Å². The molecular weight excluding hydrogens is 355 g/mol. The van der Waals surface area contributed by atoms with Crippen LogP contribution in [0, 0.1) is 5.82 Å². The average Bonchev–Trinajstić information content (AvgIpc) is 3.20. The highest BCUT2D eigenvalue weighted by Gasteiger charge is 2.12. The smallest absolute Gasteiger partial charge is 0.234 e. The Balaban J connectivity index is 1.58. The Hall–Kier alpha value is -2.32. The van der Waals surface area contributed by atoms with E-state index in [0.29, 0.717) is 11.7 Å². The number of furan rings is 1. The number of thioether (sulfide) groups is 1. The van der Waals surface area contributed by atoms with E-state index in [1.165, 1.54) is 23.9 Å². The van der Waals surface area contributed by atoms with E-state index in [9.17, 15) is 9.18 Å². The molecule has 0 saturated heterocycles. The van der Waals surface area contributed by atoms with Gasteiger partial charge in [-0.2, -0.15) is 0 Å². The summed E-state index contributed by atoms with van der Waals surface area (Å²) in [4.78, 5) is 12.0. The highest BCUT2D eigenvalue weighted by Crippen LogP contribution is 2.20. The summed E-state index contributed by atoms with van der Waals surface area (Å²) in [5.74, 6) is -0.112. The molecule has 0 spiro atoms. The maximum absolute atomic E-state index is 13.7. The van der Waals surface area contributed by atoms with E-state index < -0.39 is 5.82 Å². The molecule has 0 atom stereocenters. The first-order chi connectivity index (χ1) is 11.6. The van der Waals surface area contributed by atoms with E-state index >= 15 is 0 Å². The second-order valence-electron chi connectivity index (χ2n) is 4.78. The third kappa shape index (κ3) is 4.15. The van der Waals surface area contributed by atoms with Gasteiger partial charge < -0.3 is 14.3 Å². The summed E-state index contributed by atoms with van der Waals surface area (Å²) in [6.45, 7) is 0.468. The molecule has 2 aromatic heterocycles. The van der Waals surface area contributed by atoms with Crippen LogP contribution < -0.4 is 5.32 Å². The first-order valence-electron chi connectivity index (χ1n) is 6.90. The third-order valence-electron chi connectivity index (χ3n) is 3.02. The Morgan fingerprint density at radius 2 is 2.29 bits per heavy atom. The lowest BCUT2D eigenvalue weighted by molar-refractivity contribution is -0.113. The summed E-state index contributed by atoms with van der Waals surface area (Å²) in [6, 6.07) is 7.70. The summed E-state index contributed by atoms with van der Waals surface area (Å²) in [5.41, 5.74) is 0.0852. The van der Waals surface area contributed by atoms with Gasteiger partial charge >= 0.3 is 0 Å². The van der Waals surface area contributed by atoms with Crippen LogP contribution in [0.25, 0.3) is 0 Å². The Kier molecular flexibility index (Phi) is 5.17. The highest BCUT2D eigenvalue weighted by molar-refractivity contribution is 7.99. The second kappa shape index (κ2) is 7.50. The summed E-state index contributed by atoms with van der Waals surface area (Å²) < 4.78 is 20.7. The molecule has 0 aliphatic rings. The maximum Gasteiger partial charge on any atom is 0.234 e. The van der Waals surface area contributed by atoms with Crippen molar-refractivity contribution in [3.8, 4) is 0 Å². The van der Waals surface area contributed by atoms with Gasteiger partial charge in [0, 0.05) is 5.02 Å². The fourth-order valence-electron chi connectivity index (χ4n) is 1.94. The van der Waals surface area contributed by atoms with Crippen LogP contribution >= 0.6 is 23.4 Å². The van der Waals surface area contributed by atoms with Crippen LogP contribution in [0.5, 0.6) is 0 Å². The topological polar surface area (TPSA) is 73.0 Å². The van der Waals surface area contributed by atoms with Crippen molar-refractivity contribution in [2.45, 2.75) is 11.7 Å². The number of nitrogens with zero attached hydrogens (tertiary/aromatic N) is 3. The second-order valence-corrected chi connectivity index (χ2v) is 6.16. The SMILES string of the molecule is O=C(CSc1nncn1Cc1ccco1)Nc1ccc(Cl)cc1F. The number of carbonyl (C=O) groups is 1. The molecule has 1 N–H and O–H groups in total. The van der Waals surface area contributed by atoms with Gasteiger partial charge in [-0.1, -0.05) is 23.4 Å². The van der Waals surface area contributed by atoms with Gasteiger partial charge in [-0.05, 0) is 30.3 Å². The number of rotatable bonds is 6. The quantitative estimate of drug-likeness (QED) is 0.676. The largest absolute Gasteiger partial charge is 0.467 e. The third-order valence-corrected chi connectivity index (χ3v) is 4.24. The Labute approximate surface area is 146 Å². The lowest BCUT2D eigenvalue weighted by Crippen LogP contribution is -2.15. The number of halogens is 2. The fraction of sp³-hybridized carbons (Fsp3) is 0.133. The summed E-state index contributed by atoms with van der Waals surface area (Å²) in [7, 11) is 0. The molecule has 1 amide bonds.